The number of aromatic nitrogens is 1. The zero-order valence-corrected chi connectivity index (χ0v) is 14.2. The van der Waals surface area contributed by atoms with Crippen LogP contribution < -0.4 is 5.32 Å². The normalized spacial score (nSPS) is 12.9. The molecule has 1 N–H and O–H groups in total. The summed E-state index contributed by atoms with van der Waals surface area (Å²) in [5.74, 6) is 0.171. The summed E-state index contributed by atoms with van der Waals surface area (Å²) in [5.41, 5.74) is 1.97. The van der Waals surface area contributed by atoms with E-state index in [1.54, 1.807) is 23.5 Å². The van der Waals surface area contributed by atoms with Crippen LogP contribution in [0.25, 0.3) is 0 Å². The molecule has 2 rings (SSSR count). The van der Waals surface area contributed by atoms with Crippen LogP contribution in [0.3, 0.4) is 0 Å². The molecule has 0 aliphatic carbocycles. The highest BCUT2D eigenvalue weighted by Gasteiger charge is 2.20. The van der Waals surface area contributed by atoms with E-state index < -0.39 is 0 Å². The van der Waals surface area contributed by atoms with Crippen LogP contribution in [0.5, 0.6) is 0 Å². The predicted molar refractivity (Wildman–Crippen MR) is 85.8 cm³/mol. The number of nitrogens with one attached hydrogen (secondary N) is 1. The Morgan fingerprint density at radius 3 is 2.75 bits per heavy atom. The fourth-order valence-electron chi connectivity index (χ4n) is 1.97. The third-order valence-corrected chi connectivity index (χ3v) is 4.71. The zero-order chi connectivity index (χ0) is 14.7. The van der Waals surface area contributed by atoms with Crippen molar-refractivity contribution in [1.29, 1.82) is 0 Å². The number of nitrogens with zero attached hydrogens (tertiary/aromatic N) is 1. The van der Waals surface area contributed by atoms with E-state index in [1.807, 2.05) is 6.92 Å². The van der Waals surface area contributed by atoms with Gasteiger partial charge in [0.2, 0.25) is 0 Å². The van der Waals surface area contributed by atoms with Gasteiger partial charge >= 0.3 is 0 Å². The minimum absolute atomic E-state index is 0.0809. The van der Waals surface area contributed by atoms with Gasteiger partial charge in [0.1, 0.15) is 10.8 Å². The highest BCUT2D eigenvalue weighted by atomic mass is 79.9. The molecule has 2 aromatic rings. The molecule has 5 heteroatoms. The van der Waals surface area contributed by atoms with Gasteiger partial charge in [-0.15, -0.1) is 11.3 Å². The van der Waals surface area contributed by atoms with Gasteiger partial charge < -0.3 is 5.32 Å². The molecule has 2 nitrogen and oxygen atoms in total. The lowest BCUT2D eigenvalue weighted by Crippen LogP contribution is -2.22. The van der Waals surface area contributed by atoms with Gasteiger partial charge in [0, 0.05) is 9.85 Å². The van der Waals surface area contributed by atoms with Crippen LogP contribution in [0.15, 0.2) is 28.1 Å². The first-order valence-corrected chi connectivity index (χ1v) is 8.33. The average molecular weight is 357 g/mol. The molecule has 0 aliphatic rings. The molecule has 0 aliphatic heterocycles. The minimum atomic E-state index is -0.230. The van der Waals surface area contributed by atoms with Crippen molar-refractivity contribution in [3.63, 3.8) is 0 Å². The Bertz CT molecular complexity index is 583. The molecule has 1 aromatic heterocycles. The summed E-state index contributed by atoms with van der Waals surface area (Å²) in [6.07, 6.45) is 0. The Kier molecular flexibility index (Phi) is 5.29. The summed E-state index contributed by atoms with van der Waals surface area (Å²) < 4.78 is 14.4. The topological polar surface area (TPSA) is 24.9 Å². The summed E-state index contributed by atoms with van der Waals surface area (Å²) in [6, 6.07) is 4.68. The van der Waals surface area contributed by atoms with Gasteiger partial charge in [-0.05, 0) is 36.2 Å². The van der Waals surface area contributed by atoms with Crippen molar-refractivity contribution in [3.05, 3.63) is 50.1 Å². The molecule has 1 unspecified atom stereocenters. The Morgan fingerprint density at radius 2 is 2.15 bits per heavy atom. The van der Waals surface area contributed by atoms with Gasteiger partial charge in [0.15, 0.2) is 0 Å². The number of thiazole rings is 1. The van der Waals surface area contributed by atoms with Crippen LogP contribution in [0.1, 0.15) is 49.0 Å². The molecule has 0 amide bonds. The Labute approximate surface area is 131 Å². The molecule has 20 heavy (non-hydrogen) atoms. The smallest absolute Gasteiger partial charge is 0.123 e. The maximum Gasteiger partial charge on any atom is 0.123 e. The monoisotopic (exact) mass is 356 g/mol. The lowest BCUT2D eigenvalue weighted by molar-refractivity contribution is 0.598. The van der Waals surface area contributed by atoms with Gasteiger partial charge in [-0.3, -0.25) is 0 Å². The third-order valence-electron chi connectivity index (χ3n) is 3.06. The SMILES string of the molecule is CCNC(c1nc(C(C)C)cs1)c1cc(F)ccc1Br. The highest BCUT2D eigenvalue weighted by molar-refractivity contribution is 9.10. The zero-order valence-electron chi connectivity index (χ0n) is 11.8. The summed E-state index contributed by atoms with van der Waals surface area (Å²) >= 11 is 5.12. The number of hydrogen-bond donors (Lipinski definition) is 1. The Morgan fingerprint density at radius 1 is 1.40 bits per heavy atom. The van der Waals surface area contributed by atoms with Gasteiger partial charge in [-0.1, -0.05) is 36.7 Å². The van der Waals surface area contributed by atoms with E-state index in [9.17, 15) is 4.39 Å². The largest absolute Gasteiger partial charge is 0.305 e. The first-order chi connectivity index (χ1) is 9.52. The lowest BCUT2D eigenvalue weighted by atomic mass is 10.1. The van der Waals surface area contributed by atoms with E-state index in [-0.39, 0.29) is 11.9 Å². The Balaban J connectivity index is 2.41. The molecule has 0 saturated carbocycles. The first kappa shape index (κ1) is 15.6. The van der Waals surface area contributed by atoms with E-state index in [2.05, 4.69) is 45.5 Å². The highest BCUT2D eigenvalue weighted by Crippen LogP contribution is 2.32. The van der Waals surface area contributed by atoms with Crippen LogP contribution in [0, 0.1) is 5.82 Å². The van der Waals surface area contributed by atoms with Crippen LogP contribution in [-0.4, -0.2) is 11.5 Å². The lowest BCUT2D eigenvalue weighted by Gasteiger charge is -2.17. The maximum atomic E-state index is 13.5. The fraction of sp³-hybridized carbons (Fsp3) is 0.400. The van der Waals surface area contributed by atoms with Crippen LogP contribution in [0.4, 0.5) is 4.39 Å². The molecule has 108 valence electrons. The van der Waals surface area contributed by atoms with Crippen molar-refractivity contribution in [2.24, 2.45) is 0 Å². The predicted octanol–water partition coefficient (Wildman–Crippen LogP) is 4.87. The second-order valence-electron chi connectivity index (χ2n) is 4.92. The molecule has 1 atom stereocenters. The number of rotatable bonds is 5. The molecular weight excluding hydrogens is 339 g/mol. The minimum Gasteiger partial charge on any atom is -0.305 e. The molecular formula is C15H18BrFN2S. The number of benzene rings is 1. The van der Waals surface area contributed by atoms with Crippen molar-refractivity contribution in [1.82, 2.24) is 10.3 Å². The average Bonchev–Trinajstić information content (AvgIpc) is 2.89. The second-order valence-corrected chi connectivity index (χ2v) is 6.67. The van der Waals surface area contributed by atoms with E-state index in [0.717, 1.165) is 27.3 Å². The molecule has 1 heterocycles. The molecule has 0 bridgehead atoms. The third kappa shape index (κ3) is 3.45. The summed E-state index contributed by atoms with van der Waals surface area (Å²) in [4.78, 5) is 4.69. The molecule has 0 radical (unpaired) electrons. The Hall–Kier alpha value is -0.780. The fourth-order valence-corrected chi connectivity index (χ4v) is 3.52. The van der Waals surface area contributed by atoms with Crippen LogP contribution in [-0.2, 0) is 0 Å². The van der Waals surface area contributed by atoms with Crippen molar-refractivity contribution >= 4 is 27.3 Å². The molecule has 1 aromatic carbocycles. The van der Waals surface area contributed by atoms with Gasteiger partial charge in [-0.25, -0.2) is 9.37 Å². The number of halogens is 2. The van der Waals surface area contributed by atoms with Crippen molar-refractivity contribution in [2.45, 2.75) is 32.7 Å². The molecule has 0 spiro atoms. The van der Waals surface area contributed by atoms with E-state index in [4.69, 9.17) is 0 Å². The van der Waals surface area contributed by atoms with Crippen molar-refractivity contribution < 1.29 is 4.39 Å². The summed E-state index contributed by atoms with van der Waals surface area (Å²) in [7, 11) is 0. The van der Waals surface area contributed by atoms with Gasteiger partial charge in [0.05, 0.1) is 11.7 Å². The number of hydrogen-bond acceptors (Lipinski definition) is 3. The summed E-state index contributed by atoms with van der Waals surface area (Å²) in [5, 5.41) is 6.44. The first-order valence-electron chi connectivity index (χ1n) is 6.66. The van der Waals surface area contributed by atoms with Crippen LogP contribution in [0.2, 0.25) is 0 Å². The molecule has 0 saturated heterocycles. The van der Waals surface area contributed by atoms with E-state index >= 15 is 0 Å². The van der Waals surface area contributed by atoms with E-state index in [0.29, 0.717) is 5.92 Å². The van der Waals surface area contributed by atoms with Crippen molar-refractivity contribution in [3.8, 4) is 0 Å². The van der Waals surface area contributed by atoms with Gasteiger partial charge in [-0.2, -0.15) is 0 Å². The standard InChI is InChI=1S/C15H18BrFN2S/c1-4-18-14(11-7-10(17)5-6-12(11)16)15-19-13(8-20-15)9(2)3/h5-9,14,18H,4H2,1-3H3. The van der Waals surface area contributed by atoms with Crippen molar-refractivity contribution in [2.75, 3.05) is 6.54 Å². The quantitative estimate of drug-likeness (QED) is 0.826. The van der Waals surface area contributed by atoms with Crippen LogP contribution >= 0.6 is 27.3 Å². The molecule has 0 fully saturated rings. The van der Waals surface area contributed by atoms with Gasteiger partial charge in [0.25, 0.3) is 0 Å². The summed E-state index contributed by atoms with van der Waals surface area (Å²) in [6.45, 7) is 7.08. The second kappa shape index (κ2) is 6.78. The maximum absolute atomic E-state index is 13.5. The van der Waals surface area contributed by atoms with E-state index in [1.165, 1.54) is 6.07 Å².